The molecule has 0 bridgehead atoms. The maximum Gasteiger partial charge on any atom is 0.318 e. The van der Waals surface area contributed by atoms with Gasteiger partial charge in [-0.25, -0.2) is 9.37 Å². The molecule has 0 amide bonds. The summed E-state index contributed by atoms with van der Waals surface area (Å²) in [7, 11) is 0. The van der Waals surface area contributed by atoms with Crippen LogP contribution in [0.3, 0.4) is 0 Å². The molecule has 2 heterocycles. The van der Waals surface area contributed by atoms with Crippen molar-refractivity contribution in [2.24, 2.45) is 0 Å². The van der Waals surface area contributed by atoms with Gasteiger partial charge in [-0.3, -0.25) is 5.10 Å². The summed E-state index contributed by atoms with van der Waals surface area (Å²) in [5.41, 5.74) is 13.5. The monoisotopic (exact) mass is 374 g/mol. The van der Waals surface area contributed by atoms with Crippen LogP contribution in [-0.2, 0) is 0 Å². The van der Waals surface area contributed by atoms with Crippen LogP contribution in [0.25, 0.3) is 10.9 Å². The summed E-state index contributed by atoms with van der Waals surface area (Å²) >= 11 is 0. The Kier molecular flexibility index (Phi) is 5.55. The third kappa shape index (κ3) is 4.00. The fraction of sp³-hybridized carbons (Fsp3) is 0.353. The largest absolute Gasteiger partial charge is 0.462 e. The molecule has 6 N–H and O–H groups in total. The van der Waals surface area contributed by atoms with Crippen molar-refractivity contribution in [1.29, 1.82) is 0 Å². The molecule has 3 rings (SSSR count). The second-order valence-electron chi connectivity index (χ2n) is 5.91. The number of nitrogen functional groups attached to an aromatic ring is 2. The molecule has 0 aliphatic rings. The average Bonchev–Trinajstić information content (AvgIpc) is 3.05. The quantitative estimate of drug-likeness (QED) is 0.441. The number of fused-ring (bicyclic) bond motifs is 1. The summed E-state index contributed by atoms with van der Waals surface area (Å²) in [6, 6.07) is 3.53. The Hall–Kier alpha value is -3.14. The highest BCUT2D eigenvalue weighted by Crippen LogP contribution is 2.33. The summed E-state index contributed by atoms with van der Waals surface area (Å²) in [6.45, 7) is 7.15. The minimum Gasteiger partial charge on any atom is -0.462 e. The predicted octanol–water partition coefficient (Wildman–Crippen LogP) is 2.12. The maximum atomic E-state index is 14.1. The molecule has 0 aliphatic carbocycles. The van der Waals surface area contributed by atoms with Crippen LogP contribution in [0.2, 0.25) is 0 Å². The number of ether oxygens (including phenoxy) is 1. The summed E-state index contributed by atoms with van der Waals surface area (Å²) in [4.78, 5) is 10.2. The fourth-order valence-electron chi connectivity index (χ4n) is 2.72. The highest BCUT2D eigenvalue weighted by Gasteiger charge is 2.14. The molecular formula is C17H23FN8O. The summed E-state index contributed by atoms with van der Waals surface area (Å²) in [6.07, 6.45) is 1.06. The number of rotatable bonds is 8. The van der Waals surface area contributed by atoms with E-state index < -0.39 is 5.82 Å². The van der Waals surface area contributed by atoms with Gasteiger partial charge in [-0.1, -0.05) is 13.8 Å². The molecule has 9 nitrogen and oxygen atoms in total. The number of H-pyrrole nitrogens is 1. The molecule has 3 aromatic rings. The van der Waals surface area contributed by atoms with E-state index in [0.717, 1.165) is 25.8 Å². The lowest BCUT2D eigenvalue weighted by molar-refractivity contribution is 0.212. The predicted molar refractivity (Wildman–Crippen MR) is 103 cm³/mol. The number of nitrogens with zero attached hydrogens (tertiary/aromatic N) is 4. The average molecular weight is 374 g/mol. The first-order valence-corrected chi connectivity index (χ1v) is 8.70. The van der Waals surface area contributed by atoms with Gasteiger partial charge in [-0.15, -0.1) is 0 Å². The molecule has 0 unspecified atom stereocenters. The number of hydrogen-bond donors (Lipinski definition) is 4. The number of aromatic amines is 1. The van der Waals surface area contributed by atoms with Gasteiger partial charge >= 0.3 is 6.01 Å². The SMILES string of the molecule is CCN(CC)CCOc1ncc(F)c(Nc2ccc3[nH]nc(N)c3c2N)n1. The molecule has 10 heteroatoms. The number of hydrogen-bond acceptors (Lipinski definition) is 8. The van der Waals surface area contributed by atoms with Crippen molar-refractivity contribution in [3.8, 4) is 6.01 Å². The van der Waals surface area contributed by atoms with Gasteiger partial charge in [0.25, 0.3) is 0 Å². The van der Waals surface area contributed by atoms with Gasteiger partial charge in [-0.05, 0) is 25.2 Å². The van der Waals surface area contributed by atoms with E-state index in [1.54, 1.807) is 12.1 Å². The molecule has 0 radical (unpaired) electrons. The van der Waals surface area contributed by atoms with Crippen LogP contribution in [0.5, 0.6) is 6.01 Å². The summed E-state index contributed by atoms with van der Waals surface area (Å²) < 4.78 is 19.7. The van der Waals surface area contributed by atoms with Crippen molar-refractivity contribution in [2.75, 3.05) is 43.0 Å². The number of halogens is 1. The van der Waals surface area contributed by atoms with Crippen LogP contribution >= 0.6 is 0 Å². The first kappa shape index (κ1) is 18.6. The summed E-state index contributed by atoms with van der Waals surface area (Å²) in [5, 5.41) is 10.1. The van der Waals surface area contributed by atoms with Gasteiger partial charge in [0.15, 0.2) is 17.5 Å². The standard InChI is InChI=1S/C17H23FN8O/c1-3-26(4-2)7-8-27-17-21-9-10(18)16(23-17)22-12-6-5-11-13(14(12)19)15(20)25-24-11/h5-6,9H,3-4,7-8,19H2,1-2H3,(H3,20,24,25)(H,21,22,23). The van der Waals surface area contributed by atoms with E-state index in [-0.39, 0.29) is 17.6 Å². The zero-order valence-electron chi connectivity index (χ0n) is 15.3. The fourth-order valence-corrected chi connectivity index (χ4v) is 2.72. The Morgan fingerprint density at radius 3 is 2.78 bits per heavy atom. The molecule has 1 aromatic carbocycles. The Balaban J connectivity index is 1.77. The minimum atomic E-state index is -0.620. The van der Waals surface area contributed by atoms with Gasteiger partial charge in [0, 0.05) is 6.54 Å². The number of nitrogens with one attached hydrogen (secondary N) is 2. The first-order valence-electron chi connectivity index (χ1n) is 8.70. The van der Waals surface area contributed by atoms with Gasteiger partial charge < -0.3 is 26.4 Å². The molecule has 0 saturated carbocycles. The van der Waals surface area contributed by atoms with Crippen molar-refractivity contribution in [3.05, 3.63) is 24.1 Å². The molecular weight excluding hydrogens is 351 g/mol. The van der Waals surface area contributed by atoms with Crippen LogP contribution in [0, 0.1) is 5.82 Å². The second kappa shape index (κ2) is 8.04. The van der Waals surface area contributed by atoms with Gasteiger partial charge in [0.2, 0.25) is 0 Å². The Morgan fingerprint density at radius 2 is 2.04 bits per heavy atom. The van der Waals surface area contributed by atoms with Crippen molar-refractivity contribution in [1.82, 2.24) is 25.1 Å². The lowest BCUT2D eigenvalue weighted by atomic mass is 10.2. The number of benzene rings is 1. The van der Waals surface area contributed by atoms with Crippen LogP contribution < -0.4 is 21.5 Å². The first-order chi connectivity index (χ1) is 13.0. The molecule has 2 aromatic heterocycles. The van der Waals surface area contributed by atoms with Crippen molar-refractivity contribution in [2.45, 2.75) is 13.8 Å². The third-order valence-electron chi connectivity index (χ3n) is 4.31. The lowest BCUT2D eigenvalue weighted by Crippen LogP contribution is -2.28. The topological polar surface area (TPSA) is 131 Å². The zero-order valence-corrected chi connectivity index (χ0v) is 15.3. The molecule has 0 aliphatic heterocycles. The van der Waals surface area contributed by atoms with Crippen molar-refractivity contribution >= 4 is 33.9 Å². The highest BCUT2D eigenvalue weighted by molar-refractivity contribution is 6.03. The van der Waals surface area contributed by atoms with E-state index in [9.17, 15) is 4.39 Å². The normalized spacial score (nSPS) is 11.3. The third-order valence-corrected chi connectivity index (χ3v) is 4.31. The highest BCUT2D eigenvalue weighted by atomic mass is 19.1. The zero-order chi connectivity index (χ0) is 19.4. The van der Waals surface area contributed by atoms with E-state index in [1.165, 1.54) is 0 Å². The number of anilines is 4. The van der Waals surface area contributed by atoms with Gasteiger partial charge in [0.1, 0.15) is 6.61 Å². The van der Waals surface area contributed by atoms with Gasteiger partial charge in [0.05, 0.1) is 28.5 Å². The molecule has 0 saturated heterocycles. The van der Waals surface area contributed by atoms with Crippen LogP contribution in [0.1, 0.15) is 13.8 Å². The molecule has 0 spiro atoms. The smallest absolute Gasteiger partial charge is 0.318 e. The minimum absolute atomic E-state index is 0.0315. The molecule has 0 fully saturated rings. The van der Waals surface area contributed by atoms with Crippen LogP contribution in [0.4, 0.5) is 27.4 Å². The van der Waals surface area contributed by atoms with Crippen molar-refractivity contribution < 1.29 is 9.13 Å². The number of aromatic nitrogens is 4. The summed E-state index contributed by atoms with van der Waals surface area (Å²) in [5.74, 6) is -0.378. The second-order valence-corrected chi connectivity index (χ2v) is 5.91. The van der Waals surface area contributed by atoms with E-state index in [4.69, 9.17) is 16.2 Å². The molecule has 0 atom stereocenters. The van der Waals surface area contributed by atoms with E-state index in [1.807, 2.05) is 0 Å². The van der Waals surface area contributed by atoms with Crippen molar-refractivity contribution in [3.63, 3.8) is 0 Å². The van der Waals surface area contributed by atoms with Gasteiger partial charge in [-0.2, -0.15) is 10.1 Å². The lowest BCUT2D eigenvalue weighted by Gasteiger charge is -2.17. The molecule has 144 valence electrons. The van der Waals surface area contributed by atoms with Crippen LogP contribution in [-0.4, -0.2) is 51.3 Å². The van der Waals surface area contributed by atoms with E-state index in [0.29, 0.717) is 28.9 Å². The Labute approximate surface area is 155 Å². The van der Waals surface area contributed by atoms with E-state index in [2.05, 4.69) is 44.2 Å². The maximum absolute atomic E-state index is 14.1. The Morgan fingerprint density at radius 1 is 1.26 bits per heavy atom. The number of likely N-dealkylation sites (N-methyl/N-ethyl adjacent to an activating group) is 1. The Bertz CT molecular complexity index is 925. The number of nitrogens with two attached hydrogens (primary N) is 2. The molecule has 27 heavy (non-hydrogen) atoms. The van der Waals surface area contributed by atoms with E-state index >= 15 is 0 Å². The van der Waals surface area contributed by atoms with Crippen LogP contribution in [0.15, 0.2) is 18.3 Å².